The molecule has 0 unspecified atom stereocenters. The molecule has 15 heavy (non-hydrogen) atoms. The molecular formula is C13H17NO. The Morgan fingerprint density at radius 3 is 2.67 bits per heavy atom. The third-order valence-electron chi connectivity index (χ3n) is 3.30. The van der Waals surface area contributed by atoms with Crippen LogP contribution in [-0.4, -0.2) is 5.91 Å². The van der Waals surface area contributed by atoms with Gasteiger partial charge in [-0.1, -0.05) is 30.3 Å². The lowest BCUT2D eigenvalue weighted by Crippen LogP contribution is -2.14. The Morgan fingerprint density at radius 2 is 2.00 bits per heavy atom. The molecule has 1 aliphatic carbocycles. The summed E-state index contributed by atoms with van der Waals surface area (Å²) in [5.74, 6) is 0.983. The van der Waals surface area contributed by atoms with Crippen LogP contribution in [0.2, 0.25) is 0 Å². The van der Waals surface area contributed by atoms with Crippen molar-refractivity contribution in [3.63, 3.8) is 0 Å². The monoisotopic (exact) mass is 203 g/mol. The summed E-state index contributed by atoms with van der Waals surface area (Å²) in [7, 11) is 0. The molecule has 1 saturated carbocycles. The summed E-state index contributed by atoms with van der Waals surface area (Å²) in [6.07, 6.45) is 4.01. The summed E-state index contributed by atoms with van der Waals surface area (Å²) >= 11 is 0. The summed E-state index contributed by atoms with van der Waals surface area (Å²) in [6, 6.07) is 10.6. The number of carbonyl (C=O) groups excluding carboxylic acids is 1. The van der Waals surface area contributed by atoms with E-state index in [9.17, 15) is 4.79 Å². The highest BCUT2D eigenvalue weighted by Crippen LogP contribution is 2.39. The molecule has 2 nitrogen and oxygen atoms in total. The third-order valence-corrected chi connectivity index (χ3v) is 3.30. The lowest BCUT2D eigenvalue weighted by Gasteiger charge is -2.10. The predicted molar refractivity (Wildman–Crippen MR) is 60.3 cm³/mol. The molecule has 0 bridgehead atoms. The molecule has 0 radical (unpaired) electrons. The average molecular weight is 203 g/mol. The number of primary amides is 1. The smallest absolute Gasteiger partial charge is 0.217 e. The van der Waals surface area contributed by atoms with Crippen molar-refractivity contribution in [1.29, 1.82) is 0 Å². The van der Waals surface area contributed by atoms with Crippen LogP contribution < -0.4 is 5.73 Å². The zero-order valence-corrected chi connectivity index (χ0v) is 8.86. The van der Waals surface area contributed by atoms with Gasteiger partial charge in [-0.2, -0.15) is 0 Å². The summed E-state index contributed by atoms with van der Waals surface area (Å²) in [6.45, 7) is 0. The molecule has 2 heteroatoms. The molecule has 1 aromatic rings. The molecule has 0 aromatic heterocycles. The Hall–Kier alpha value is -1.31. The third kappa shape index (κ3) is 2.58. The van der Waals surface area contributed by atoms with Crippen molar-refractivity contribution < 1.29 is 4.79 Å². The first kappa shape index (κ1) is 10.2. The van der Waals surface area contributed by atoms with Gasteiger partial charge in [-0.05, 0) is 36.7 Å². The lowest BCUT2D eigenvalue weighted by molar-refractivity contribution is -0.118. The molecule has 0 saturated heterocycles. The van der Waals surface area contributed by atoms with Gasteiger partial charge >= 0.3 is 0 Å². The van der Waals surface area contributed by atoms with Crippen LogP contribution in [0.1, 0.15) is 37.2 Å². The van der Waals surface area contributed by atoms with E-state index in [0.29, 0.717) is 18.3 Å². The van der Waals surface area contributed by atoms with E-state index in [2.05, 4.69) is 24.3 Å². The Balaban J connectivity index is 1.96. The number of benzene rings is 1. The fourth-order valence-electron chi connectivity index (χ4n) is 2.57. The van der Waals surface area contributed by atoms with Crippen molar-refractivity contribution in [3.05, 3.63) is 35.9 Å². The highest BCUT2D eigenvalue weighted by molar-refractivity contribution is 5.74. The van der Waals surface area contributed by atoms with E-state index in [-0.39, 0.29) is 5.91 Å². The van der Waals surface area contributed by atoms with Crippen LogP contribution in [0.15, 0.2) is 30.3 Å². The molecule has 2 rings (SSSR count). The maximum Gasteiger partial charge on any atom is 0.217 e. The Bertz CT molecular complexity index is 334. The van der Waals surface area contributed by atoms with E-state index >= 15 is 0 Å². The van der Waals surface area contributed by atoms with Gasteiger partial charge < -0.3 is 5.73 Å². The Kier molecular flexibility index (Phi) is 3.05. The first-order valence-electron chi connectivity index (χ1n) is 5.59. The Morgan fingerprint density at radius 1 is 1.27 bits per heavy atom. The van der Waals surface area contributed by atoms with E-state index < -0.39 is 0 Å². The molecule has 2 atom stereocenters. The second-order valence-corrected chi connectivity index (χ2v) is 4.46. The molecule has 0 spiro atoms. The lowest BCUT2D eigenvalue weighted by atomic mass is 9.95. The highest BCUT2D eigenvalue weighted by Gasteiger charge is 2.26. The van der Waals surface area contributed by atoms with Crippen LogP contribution in [0.4, 0.5) is 0 Å². The molecule has 80 valence electrons. The average Bonchev–Trinajstić information content (AvgIpc) is 2.67. The van der Waals surface area contributed by atoms with Gasteiger partial charge in [0.05, 0.1) is 0 Å². The highest BCUT2D eigenvalue weighted by atomic mass is 16.1. The fourth-order valence-corrected chi connectivity index (χ4v) is 2.57. The maximum atomic E-state index is 10.8. The van der Waals surface area contributed by atoms with Crippen LogP contribution >= 0.6 is 0 Å². The van der Waals surface area contributed by atoms with Crippen LogP contribution in [0.3, 0.4) is 0 Å². The minimum absolute atomic E-state index is 0.159. The topological polar surface area (TPSA) is 43.1 Å². The number of hydrogen-bond acceptors (Lipinski definition) is 1. The van der Waals surface area contributed by atoms with E-state index in [1.54, 1.807) is 0 Å². The van der Waals surface area contributed by atoms with Crippen molar-refractivity contribution >= 4 is 5.91 Å². The van der Waals surface area contributed by atoms with Gasteiger partial charge in [-0.25, -0.2) is 0 Å². The summed E-state index contributed by atoms with van der Waals surface area (Å²) in [5.41, 5.74) is 6.62. The van der Waals surface area contributed by atoms with Crippen molar-refractivity contribution in [1.82, 2.24) is 0 Å². The number of rotatable bonds is 3. The van der Waals surface area contributed by atoms with Gasteiger partial charge in [0.15, 0.2) is 0 Å². The Labute approximate surface area is 90.5 Å². The van der Waals surface area contributed by atoms with E-state index in [4.69, 9.17) is 5.73 Å². The number of carbonyl (C=O) groups is 1. The zero-order valence-electron chi connectivity index (χ0n) is 8.86. The maximum absolute atomic E-state index is 10.8. The molecule has 1 fully saturated rings. The molecular weight excluding hydrogens is 186 g/mol. The minimum atomic E-state index is -0.159. The standard InChI is InChI=1S/C13H17NO/c14-13(15)9-10-6-7-12(8-10)11-4-2-1-3-5-11/h1-5,10,12H,6-9H2,(H2,14,15)/t10-,12+/m1/s1. The van der Waals surface area contributed by atoms with Crippen molar-refractivity contribution in [2.24, 2.45) is 11.7 Å². The van der Waals surface area contributed by atoms with Crippen molar-refractivity contribution in [3.8, 4) is 0 Å². The first-order chi connectivity index (χ1) is 7.25. The SMILES string of the molecule is NC(=O)C[C@@H]1CC[C@H](c2ccccc2)C1. The number of amides is 1. The van der Waals surface area contributed by atoms with Crippen LogP contribution in [-0.2, 0) is 4.79 Å². The second kappa shape index (κ2) is 4.47. The summed E-state index contributed by atoms with van der Waals surface area (Å²) in [5, 5.41) is 0. The largest absolute Gasteiger partial charge is 0.370 e. The molecule has 0 aliphatic heterocycles. The van der Waals surface area contributed by atoms with Gasteiger partial charge in [0.25, 0.3) is 0 Å². The minimum Gasteiger partial charge on any atom is -0.370 e. The van der Waals surface area contributed by atoms with Gasteiger partial charge in [0.1, 0.15) is 0 Å². The molecule has 1 amide bonds. The van der Waals surface area contributed by atoms with Crippen LogP contribution in [0, 0.1) is 5.92 Å². The first-order valence-corrected chi connectivity index (χ1v) is 5.59. The fraction of sp³-hybridized carbons (Fsp3) is 0.462. The number of hydrogen-bond donors (Lipinski definition) is 1. The number of nitrogens with two attached hydrogens (primary N) is 1. The molecule has 2 N–H and O–H groups in total. The van der Waals surface area contributed by atoms with Crippen molar-refractivity contribution in [2.75, 3.05) is 0 Å². The normalized spacial score (nSPS) is 25.3. The van der Waals surface area contributed by atoms with Crippen LogP contribution in [0.25, 0.3) is 0 Å². The molecule has 1 aromatic carbocycles. The van der Waals surface area contributed by atoms with Crippen molar-refractivity contribution in [2.45, 2.75) is 31.6 Å². The van der Waals surface area contributed by atoms with Crippen LogP contribution in [0.5, 0.6) is 0 Å². The van der Waals surface area contributed by atoms with E-state index in [1.165, 1.54) is 12.0 Å². The van der Waals surface area contributed by atoms with E-state index in [0.717, 1.165) is 12.8 Å². The zero-order chi connectivity index (χ0) is 10.7. The molecule has 0 heterocycles. The summed E-state index contributed by atoms with van der Waals surface area (Å²) < 4.78 is 0. The molecule has 1 aliphatic rings. The van der Waals surface area contributed by atoms with Gasteiger partial charge in [0.2, 0.25) is 5.91 Å². The summed E-state index contributed by atoms with van der Waals surface area (Å²) in [4.78, 5) is 10.8. The predicted octanol–water partition coefficient (Wildman–Crippen LogP) is 2.45. The second-order valence-electron chi connectivity index (χ2n) is 4.46. The quantitative estimate of drug-likeness (QED) is 0.805. The van der Waals surface area contributed by atoms with Gasteiger partial charge in [-0.3, -0.25) is 4.79 Å². The van der Waals surface area contributed by atoms with Gasteiger partial charge in [0, 0.05) is 6.42 Å². The van der Waals surface area contributed by atoms with E-state index in [1.807, 2.05) is 6.07 Å². The van der Waals surface area contributed by atoms with Gasteiger partial charge in [-0.15, -0.1) is 0 Å².